The number of carbonyl (C=O) groups excluding carboxylic acids is 2. The Morgan fingerprint density at radius 1 is 1.27 bits per heavy atom. The molecule has 0 radical (unpaired) electrons. The second-order valence-electron chi connectivity index (χ2n) is 7.56. The molecule has 1 heterocycles. The molecule has 0 aromatic heterocycles. The maximum absolute atomic E-state index is 12.4. The molecule has 0 aliphatic carbocycles. The van der Waals surface area contributed by atoms with Crippen LogP contribution in [0, 0.1) is 11.3 Å². The summed E-state index contributed by atoms with van der Waals surface area (Å²) < 4.78 is 0. The SMILES string of the molecule is CCCCN(C)C(=O)C1CCN(C(=O)[C@@H](N)C(C)(C)C)CC1. The summed E-state index contributed by atoms with van der Waals surface area (Å²) in [6.07, 6.45) is 3.63. The number of nitrogens with zero attached hydrogens (tertiary/aromatic N) is 2. The summed E-state index contributed by atoms with van der Waals surface area (Å²) in [6, 6.07) is -0.480. The number of hydrogen-bond acceptors (Lipinski definition) is 3. The highest BCUT2D eigenvalue weighted by atomic mass is 16.2. The van der Waals surface area contributed by atoms with Crippen molar-refractivity contribution in [2.24, 2.45) is 17.1 Å². The van der Waals surface area contributed by atoms with E-state index in [0.29, 0.717) is 13.1 Å². The average molecular weight is 311 g/mol. The van der Waals surface area contributed by atoms with Crippen molar-refractivity contribution in [2.45, 2.75) is 59.4 Å². The first-order chi connectivity index (χ1) is 10.2. The van der Waals surface area contributed by atoms with Gasteiger partial charge in [0.05, 0.1) is 6.04 Å². The van der Waals surface area contributed by atoms with Crippen molar-refractivity contribution in [3.05, 3.63) is 0 Å². The molecule has 5 nitrogen and oxygen atoms in total. The molecule has 0 saturated carbocycles. The molecule has 1 aliphatic heterocycles. The zero-order valence-electron chi connectivity index (χ0n) is 14.9. The zero-order valence-corrected chi connectivity index (χ0v) is 14.9. The highest BCUT2D eigenvalue weighted by Crippen LogP contribution is 2.23. The lowest BCUT2D eigenvalue weighted by atomic mass is 9.85. The molecular weight excluding hydrogens is 278 g/mol. The third kappa shape index (κ3) is 4.97. The third-order valence-corrected chi connectivity index (χ3v) is 4.58. The standard InChI is InChI=1S/C17H33N3O2/c1-6-7-10-19(5)15(21)13-8-11-20(12-9-13)16(22)14(18)17(2,3)4/h13-14H,6-12,18H2,1-5H3/t14-/m1/s1. The van der Waals surface area contributed by atoms with E-state index < -0.39 is 6.04 Å². The van der Waals surface area contributed by atoms with Crippen LogP contribution >= 0.6 is 0 Å². The molecule has 128 valence electrons. The van der Waals surface area contributed by atoms with Crippen LogP contribution in [0.5, 0.6) is 0 Å². The van der Waals surface area contributed by atoms with Gasteiger partial charge in [0, 0.05) is 32.6 Å². The minimum atomic E-state index is -0.480. The molecule has 0 spiro atoms. The summed E-state index contributed by atoms with van der Waals surface area (Å²) in [5.41, 5.74) is 5.82. The molecule has 2 N–H and O–H groups in total. The van der Waals surface area contributed by atoms with Crippen molar-refractivity contribution in [3.8, 4) is 0 Å². The number of amides is 2. The lowest BCUT2D eigenvalue weighted by Gasteiger charge is -2.37. The molecule has 2 amide bonds. The van der Waals surface area contributed by atoms with Gasteiger partial charge in [-0.2, -0.15) is 0 Å². The van der Waals surface area contributed by atoms with Gasteiger partial charge in [-0.3, -0.25) is 9.59 Å². The Hall–Kier alpha value is -1.10. The zero-order chi connectivity index (χ0) is 16.9. The van der Waals surface area contributed by atoms with Gasteiger partial charge in [0.25, 0.3) is 0 Å². The highest BCUT2D eigenvalue weighted by Gasteiger charge is 2.34. The summed E-state index contributed by atoms with van der Waals surface area (Å²) >= 11 is 0. The van der Waals surface area contributed by atoms with Crippen LogP contribution in [0.15, 0.2) is 0 Å². The molecule has 1 rings (SSSR count). The molecule has 0 aromatic rings. The number of carbonyl (C=O) groups is 2. The van der Waals surface area contributed by atoms with Gasteiger partial charge in [-0.05, 0) is 24.7 Å². The smallest absolute Gasteiger partial charge is 0.240 e. The lowest BCUT2D eigenvalue weighted by molar-refractivity contribution is -0.141. The van der Waals surface area contributed by atoms with Crippen molar-refractivity contribution in [3.63, 3.8) is 0 Å². The van der Waals surface area contributed by atoms with E-state index in [-0.39, 0.29) is 23.1 Å². The summed E-state index contributed by atoms with van der Waals surface area (Å²) in [7, 11) is 1.88. The average Bonchev–Trinajstić information content (AvgIpc) is 2.49. The first-order valence-corrected chi connectivity index (χ1v) is 8.47. The molecule has 1 atom stereocenters. The van der Waals surface area contributed by atoms with Gasteiger partial charge in [-0.15, -0.1) is 0 Å². The van der Waals surface area contributed by atoms with E-state index >= 15 is 0 Å². The van der Waals surface area contributed by atoms with Crippen LogP contribution in [-0.4, -0.2) is 54.3 Å². The molecule has 0 unspecified atom stereocenters. The number of piperidine rings is 1. The first-order valence-electron chi connectivity index (χ1n) is 8.47. The summed E-state index contributed by atoms with van der Waals surface area (Å²) in [5.74, 6) is 0.287. The van der Waals surface area contributed by atoms with Crippen molar-refractivity contribution in [1.29, 1.82) is 0 Å². The van der Waals surface area contributed by atoms with E-state index in [2.05, 4.69) is 6.92 Å². The Morgan fingerprint density at radius 2 is 1.82 bits per heavy atom. The Balaban J connectivity index is 2.49. The minimum Gasteiger partial charge on any atom is -0.346 e. The van der Waals surface area contributed by atoms with Crippen molar-refractivity contribution in [2.75, 3.05) is 26.7 Å². The highest BCUT2D eigenvalue weighted by molar-refractivity contribution is 5.83. The number of likely N-dealkylation sites (tertiary alicyclic amines) is 1. The normalized spacial score (nSPS) is 18.2. The topological polar surface area (TPSA) is 66.6 Å². The molecule has 1 aliphatic rings. The molecule has 0 bridgehead atoms. The summed E-state index contributed by atoms with van der Waals surface area (Å²) in [4.78, 5) is 28.4. The second-order valence-corrected chi connectivity index (χ2v) is 7.56. The minimum absolute atomic E-state index is 0.0118. The van der Waals surface area contributed by atoms with Crippen LogP contribution in [0.3, 0.4) is 0 Å². The van der Waals surface area contributed by atoms with Gasteiger partial charge in [-0.1, -0.05) is 34.1 Å². The van der Waals surface area contributed by atoms with Crippen LogP contribution in [0.1, 0.15) is 53.4 Å². The molecular formula is C17H33N3O2. The Kier molecular flexibility index (Phi) is 6.85. The Morgan fingerprint density at radius 3 is 2.27 bits per heavy atom. The Labute approximate surface area is 135 Å². The number of unbranched alkanes of at least 4 members (excludes halogenated alkanes) is 1. The van der Waals surface area contributed by atoms with Crippen molar-refractivity contribution in [1.82, 2.24) is 9.80 Å². The van der Waals surface area contributed by atoms with E-state index in [1.54, 1.807) is 0 Å². The van der Waals surface area contributed by atoms with Gasteiger partial charge in [0.2, 0.25) is 11.8 Å². The van der Waals surface area contributed by atoms with E-state index in [1.807, 2.05) is 37.6 Å². The summed E-state index contributed by atoms with van der Waals surface area (Å²) in [5, 5.41) is 0. The quantitative estimate of drug-likeness (QED) is 0.842. The van der Waals surface area contributed by atoms with Gasteiger partial charge in [-0.25, -0.2) is 0 Å². The van der Waals surface area contributed by atoms with E-state index in [4.69, 9.17) is 5.73 Å². The van der Waals surface area contributed by atoms with Crippen molar-refractivity contribution >= 4 is 11.8 Å². The molecule has 0 aromatic carbocycles. The van der Waals surface area contributed by atoms with E-state index in [9.17, 15) is 9.59 Å². The van der Waals surface area contributed by atoms with Crippen LogP contribution in [0.25, 0.3) is 0 Å². The van der Waals surface area contributed by atoms with Crippen LogP contribution in [-0.2, 0) is 9.59 Å². The molecule has 1 saturated heterocycles. The van der Waals surface area contributed by atoms with Gasteiger partial charge in [0.15, 0.2) is 0 Å². The van der Waals surface area contributed by atoms with Crippen LogP contribution in [0.4, 0.5) is 0 Å². The fourth-order valence-electron chi connectivity index (χ4n) is 2.73. The summed E-state index contributed by atoms with van der Waals surface area (Å²) in [6.45, 7) is 10.2. The predicted octanol–water partition coefficient (Wildman–Crippen LogP) is 1.86. The van der Waals surface area contributed by atoms with Gasteiger partial charge < -0.3 is 15.5 Å². The fourth-order valence-corrected chi connectivity index (χ4v) is 2.73. The fraction of sp³-hybridized carbons (Fsp3) is 0.882. The first kappa shape index (κ1) is 18.9. The van der Waals surface area contributed by atoms with Crippen molar-refractivity contribution < 1.29 is 9.59 Å². The van der Waals surface area contributed by atoms with E-state index in [0.717, 1.165) is 32.2 Å². The van der Waals surface area contributed by atoms with Gasteiger partial charge in [0.1, 0.15) is 0 Å². The lowest BCUT2D eigenvalue weighted by Crippen LogP contribution is -2.53. The monoisotopic (exact) mass is 311 g/mol. The van der Waals surface area contributed by atoms with Gasteiger partial charge >= 0.3 is 0 Å². The number of hydrogen-bond donors (Lipinski definition) is 1. The third-order valence-electron chi connectivity index (χ3n) is 4.58. The van der Waals surface area contributed by atoms with Crippen LogP contribution in [0.2, 0.25) is 0 Å². The maximum Gasteiger partial charge on any atom is 0.240 e. The van der Waals surface area contributed by atoms with E-state index in [1.165, 1.54) is 0 Å². The van der Waals surface area contributed by atoms with Crippen LogP contribution < -0.4 is 5.73 Å². The molecule has 22 heavy (non-hydrogen) atoms. The predicted molar refractivity (Wildman–Crippen MR) is 89.3 cm³/mol. The largest absolute Gasteiger partial charge is 0.346 e. The number of rotatable bonds is 5. The Bertz CT molecular complexity index is 382. The second kappa shape index (κ2) is 7.95. The molecule has 5 heteroatoms. The maximum atomic E-state index is 12.4. The number of nitrogens with two attached hydrogens (primary N) is 1. The molecule has 1 fully saturated rings.